The number of aromatic nitrogens is 1. The Bertz CT molecular complexity index is 3640. The molecule has 536 valence electrons. The SMILES string of the molecule is Cc1cc(CC(=O)NCC(=O)N2[C@@H]3CC[C@H]2CC([C@H](N)Cc2cc(F)c(F)cc2F)C3)on1.N[C@H](Cc1cc(F)c(F)cc1F)C1C[C@H]2CC[C@@H](C1)N2C(=O)CNC(=O)CN1CCOCC1.N[C@H](Cc1cc(F)c(F)cc1F)C1C[C@H]2CC[C@@H](C1)N2C(=O)CNC(=O)Cc1ccccc1. The van der Waals surface area contributed by atoms with Crippen molar-refractivity contribution >= 4 is 35.4 Å². The Morgan fingerprint density at radius 3 is 1.14 bits per heavy atom. The fourth-order valence-corrected chi connectivity index (χ4v) is 15.7. The Morgan fingerprint density at radius 2 is 0.798 bits per heavy atom. The summed E-state index contributed by atoms with van der Waals surface area (Å²) in [7, 11) is 0. The lowest BCUT2D eigenvalue weighted by molar-refractivity contribution is -0.138. The number of ether oxygens (including phenoxy) is 1. The van der Waals surface area contributed by atoms with Crippen LogP contribution < -0.4 is 33.2 Å². The normalized spacial score (nSPS) is 24.0. The third-order valence-electron chi connectivity index (χ3n) is 20.6. The van der Waals surface area contributed by atoms with Crippen LogP contribution in [-0.2, 0) is 65.6 Å². The number of nitrogens with zero attached hydrogens (tertiary/aromatic N) is 5. The molecule has 4 aromatic carbocycles. The summed E-state index contributed by atoms with van der Waals surface area (Å²) in [6, 6.07) is 14.1. The van der Waals surface area contributed by atoms with Crippen molar-refractivity contribution < 1.29 is 77.5 Å². The highest BCUT2D eigenvalue weighted by atomic mass is 19.2. The smallest absolute Gasteiger partial charge is 0.242 e. The highest BCUT2D eigenvalue weighted by molar-refractivity contribution is 5.88. The lowest BCUT2D eigenvalue weighted by atomic mass is 9.82. The van der Waals surface area contributed by atoms with Gasteiger partial charge in [-0.15, -0.1) is 0 Å². The minimum Gasteiger partial charge on any atom is -0.379 e. The molecule has 6 bridgehead atoms. The maximum atomic E-state index is 14.0. The monoisotopic (exact) mass is 1390 g/mol. The molecule has 6 amide bonds. The number of carbonyl (C=O) groups is 6. The third-order valence-corrected chi connectivity index (χ3v) is 20.6. The summed E-state index contributed by atoms with van der Waals surface area (Å²) in [5.41, 5.74) is 20.8. The molecule has 7 saturated heterocycles. The van der Waals surface area contributed by atoms with Gasteiger partial charge in [0.1, 0.15) is 23.2 Å². The van der Waals surface area contributed by atoms with Crippen molar-refractivity contribution in [3.05, 3.63) is 159 Å². The zero-order valence-electron chi connectivity index (χ0n) is 55.2. The van der Waals surface area contributed by atoms with Gasteiger partial charge in [-0.2, -0.15) is 0 Å². The van der Waals surface area contributed by atoms with Crippen LogP contribution >= 0.6 is 0 Å². The molecular weight excluding hydrogens is 1310 g/mol. The topological polar surface area (TPSA) is 265 Å². The molecule has 8 heterocycles. The minimum atomic E-state index is -1.22. The first-order chi connectivity index (χ1) is 47.3. The van der Waals surface area contributed by atoms with Crippen molar-refractivity contribution in [1.29, 1.82) is 0 Å². The number of benzene rings is 4. The molecule has 7 aliphatic heterocycles. The molecule has 12 atom stereocenters. The van der Waals surface area contributed by atoms with E-state index in [0.717, 1.165) is 62.3 Å². The number of hydrogen-bond acceptors (Lipinski definition) is 13. The molecular formula is C71H86F9N11O8. The summed E-state index contributed by atoms with van der Waals surface area (Å²) >= 11 is 0. The van der Waals surface area contributed by atoms with Crippen molar-refractivity contribution in [3.63, 3.8) is 0 Å². The molecule has 0 saturated carbocycles. The number of rotatable bonds is 21. The third kappa shape index (κ3) is 19.1. The van der Waals surface area contributed by atoms with Crippen LogP contribution in [0.1, 0.15) is 111 Å². The minimum absolute atomic E-state index is 0.00377. The first-order valence-electron chi connectivity index (χ1n) is 34.0. The van der Waals surface area contributed by atoms with Crippen molar-refractivity contribution in [2.24, 2.45) is 35.0 Å². The van der Waals surface area contributed by atoms with Gasteiger partial charge in [0.2, 0.25) is 35.4 Å². The number of fused-ring (bicyclic) bond motifs is 6. The average molecular weight is 1390 g/mol. The van der Waals surface area contributed by atoms with E-state index in [1.54, 1.807) is 13.0 Å². The molecule has 99 heavy (non-hydrogen) atoms. The van der Waals surface area contributed by atoms with Crippen molar-refractivity contribution in [2.45, 2.75) is 170 Å². The van der Waals surface area contributed by atoms with E-state index in [-0.39, 0.29) is 164 Å². The van der Waals surface area contributed by atoms with Crippen LogP contribution in [0.2, 0.25) is 0 Å². The van der Waals surface area contributed by atoms with E-state index in [1.165, 1.54) is 0 Å². The zero-order valence-corrected chi connectivity index (χ0v) is 55.2. The van der Waals surface area contributed by atoms with E-state index >= 15 is 0 Å². The largest absolute Gasteiger partial charge is 0.379 e. The van der Waals surface area contributed by atoms with Gasteiger partial charge in [-0.25, -0.2) is 39.5 Å². The number of hydrogen-bond donors (Lipinski definition) is 6. The Hall–Kier alpha value is -7.92. The molecule has 19 nitrogen and oxygen atoms in total. The molecule has 3 unspecified atom stereocenters. The van der Waals surface area contributed by atoms with Gasteiger partial charge in [0.15, 0.2) is 34.9 Å². The number of nitrogens with two attached hydrogens (primary N) is 3. The highest BCUT2D eigenvalue weighted by Gasteiger charge is 2.47. The molecule has 1 aromatic heterocycles. The predicted octanol–water partition coefficient (Wildman–Crippen LogP) is 6.69. The van der Waals surface area contributed by atoms with E-state index in [0.29, 0.717) is 94.5 Å². The molecule has 0 radical (unpaired) electrons. The lowest BCUT2D eigenvalue weighted by Crippen LogP contribution is -2.53. The van der Waals surface area contributed by atoms with Crippen LogP contribution in [0, 0.1) is 77.0 Å². The number of carbonyl (C=O) groups excluding carboxylic acids is 6. The standard InChI is InChI=1S/C25H28F3N3O2.C23H27F3N4O3.C23H31F3N4O3/c26-20-13-22(28)21(27)11-16(20)12-23(29)17-9-18-6-7-19(10-17)31(18)25(33)14-30-24(32)8-15-4-2-1-3-5-15;1-12-4-17(33-29-12)9-22(31)28-11-23(32)30-15-2-3-16(30)6-14(5-15)21(27)8-13-7-19(25)20(26)10-18(13)24;24-18-11-20(26)19(25)9-14(18)10-21(27)15-7-16-1-2-17(8-15)30(16)23(32)12-28-22(31)13-29-3-5-33-6-4-29/h1-5,11,13,17-19,23H,6-10,12,14,29H2,(H,30,32);4,7,10,14-16,21H,2-3,5-6,8-9,11,27H2,1H3,(H,28,31);9,11,15-17,21H,1-8,10,12-13,27H2,(H,28,31)/t17?,18-,19+,23-;14?,15-,16+,21-;15?,16-,17+,21-/m111/s1. The van der Waals surface area contributed by atoms with Gasteiger partial charge < -0.3 is 57.1 Å². The Morgan fingerprint density at radius 1 is 0.465 bits per heavy atom. The summed E-state index contributed by atoms with van der Waals surface area (Å²) in [4.78, 5) is 82.6. The molecule has 7 aliphatic rings. The average Bonchev–Trinajstić information content (AvgIpc) is 1.68. The summed E-state index contributed by atoms with van der Waals surface area (Å²) in [6.07, 6.45) is 9.67. The van der Waals surface area contributed by atoms with Crippen LogP contribution in [0.5, 0.6) is 0 Å². The van der Waals surface area contributed by atoms with E-state index in [4.69, 9.17) is 26.5 Å². The Kier molecular flexibility index (Phi) is 25.0. The Balaban J connectivity index is 0.000000161. The van der Waals surface area contributed by atoms with E-state index in [1.807, 2.05) is 49.9 Å². The van der Waals surface area contributed by atoms with Gasteiger partial charge in [-0.1, -0.05) is 35.5 Å². The molecule has 9 N–H and O–H groups in total. The molecule has 28 heteroatoms. The fraction of sp³-hybridized carbons (Fsp3) is 0.535. The summed E-state index contributed by atoms with van der Waals surface area (Å²) in [6.45, 7) is 4.44. The quantitative estimate of drug-likeness (QED) is 0.0331. The second-order valence-corrected chi connectivity index (χ2v) is 27.4. The summed E-state index contributed by atoms with van der Waals surface area (Å²) < 4.78 is 133. The molecule has 0 spiro atoms. The van der Waals surface area contributed by atoms with Gasteiger partial charge in [0.05, 0.1) is 57.9 Å². The molecule has 5 aromatic rings. The number of aryl methyl sites for hydroxylation is 1. The van der Waals surface area contributed by atoms with Crippen molar-refractivity contribution in [2.75, 3.05) is 52.5 Å². The Labute approximate surface area is 568 Å². The number of piperidine rings is 3. The van der Waals surface area contributed by atoms with Crippen LogP contribution in [-0.4, -0.2) is 167 Å². The highest BCUT2D eigenvalue weighted by Crippen LogP contribution is 2.43. The van der Waals surface area contributed by atoms with Crippen molar-refractivity contribution in [1.82, 2.24) is 40.7 Å². The first-order valence-corrected chi connectivity index (χ1v) is 34.0. The van der Waals surface area contributed by atoms with E-state index in [9.17, 15) is 68.3 Å². The first kappa shape index (κ1) is 73.8. The van der Waals surface area contributed by atoms with Gasteiger partial charge in [0.25, 0.3) is 0 Å². The fourth-order valence-electron chi connectivity index (χ4n) is 15.7. The van der Waals surface area contributed by atoms with E-state index < -0.39 is 70.5 Å². The molecule has 7 fully saturated rings. The molecule has 12 rings (SSSR count). The van der Waals surface area contributed by atoms with Gasteiger partial charge >= 0.3 is 0 Å². The van der Waals surface area contributed by atoms with Crippen molar-refractivity contribution in [3.8, 4) is 0 Å². The van der Waals surface area contributed by atoms with Crippen LogP contribution in [0.15, 0.2) is 77.3 Å². The number of halogens is 9. The summed E-state index contributed by atoms with van der Waals surface area (Å²) in [5, 5.41) is 11.8. The zero-order chi connectivity index (χ0) is 70.8. The van der Waals surface area contributed by atoms with Crippen LogP contribution in [0.25, 0.3) is 0 Å². The van der Waals surface area contributed by atoms with Crippen LogP contribution in [0.3, 0.4) is 0 Å². The molecule has 0 aliphatic carbocycles. The number of morpholine rings is 1. The number of nitrogens with one attached hydrogen (secondary N) is 3. The van der Waals surface area contributed by atoms with E-state index in [2.05, 4.69) is 21.1 Å². The van der Waals surface area contributed by atoms with Gasteiger partial charge in [-0.3, -0.25) is 33.7 Å². The second-order valence-electron chi connectivity index (χ2n) is 27.4. The predicted molar refractivity (Wildman–Crippen MR) is 345 cm³/mol. The maximum Gasteiger partial charge on any atom is 0.242 e. The number of amides is 6. The van der Waals surface area contributed by atoms with Gasteiger partial charge in [-0.05, 0) is 161 Å². The van der Waals surface area contributed by atoms with Gasteiger partial charge in [0, 0.05) is 91.7 Å². The maximum absolute atomic E-state index is 14.0. The second kappa shape index (κ2) is 33.5. The summed E-state index contributed by atoms with van der Waals surface area (Å²) in [5.74, 6) is -9.84. The van der Waals surface area contributed by atoms with Crippen LogP contribution in [0.4, 0.5) is 39.5 Å². The lowest BCUT2D eigenvalue weighted by Gasteiger charge is -2.41.